The first-order valence-corrected chi connectivity index (χ1v) is 10.4. The zero-order valence-corrected chi connectivity index (χ0v) is 17.2. The van der Waals surface area contributed by atoms with E-state index >= 15 is 0 Å². The quantitative estimate of drug-likeness (QED) is 0.744. The van der Waals surface area contributed by atoms with E-state index < -0.39 is 0 Å². The van der Waals surface area contributed by atoms with Gasteiger partial charge in [0.15, 0.2) is 0 Å². The van der Waals surface area contributed by atoms with Crippen LogP contribution in [0.5, 0.6) is 5.75 Å². The van der Waals surface area contributed by atoms with E-state index in [2.05, 4.69) is 10.1 Å². The Morgan fingerprint density at radius 3 is 2.55 bits per heavy atom. The molecule has 1 aromatic heterocycles. The predicted octanol–water partition coefficient (Wildman–Crippen LogP) is 2.81. The van der Waals surface area contributed by atoms with E-state index in [9.17, 15) is 4.79 Å². The molecule has 3 heterocycles. The minimum atomic E-state index is 0.0824. The fraction of sp³-hybridized carbons (Fsp3) is 0.545. The van der Waals surface area contributed by atoms with Crippen LogP contribution in [0.1, 0.15) is 40.2 Å². The topological polar surface area (TPSA) is 68.0 Å². The summed E-state index contributed by atoms with van der Waals surface area (Å²) in [5.74, 6) is 1.58. The van der Waals surface area contributed by atoms with Gasteiger partial charge in [0.1, 0.15) is 18.1 Å². The normalized spacial score (nSPS) is 20.2. The number of piperazine rings is 1. The van der Waals surface area contributed by atoms with Crippen molar-refractivity contribution in [1.82, 2.24) is 15.0 Å². The van der Waals surface area contributed by atoms with E-state index in [1.165, 1.54) is 6.42 Å². The Labute approximate surface area is 171 Å². The molecule has 2 saturated heterocycles. The van der Waals surface area contributed by atoms with Gasteiger partial charge in [0.2, 0.25) is 0 Å². The number of hydrogen-bond donors (Lipinski definition) is 0. The molecular formula is C22H29N3O4. The predicted molar refractivity (Wildman–Crippen MR) is 108 cm³/mol. The fourth-order valence-electron chi connectivity index (χ4n) is 3.95. The molecule has 1 aromatic carbocycles. The molecule has 1 amide bonds. The summed E-state index contributed by atoms with van der Waals surface area (Å²) in [7, 11) is 0. The van der Waals surface area contributed by atoms with Crippen LogP contribution in [0, 0.1) is 13.8 Å². The van der Waals surface area contributed by atoms with Crippen LogP contribution in [0.15, 0.2) is 28.8 Å². The zero-order valence-electron chi connectivity index (χ0n) is 17.2. The molecule has 2 fully saturated rings. The third-order valence-corrected chi connectivity index (χ3v) is 5.81. The average Bonchev–Trinajstić information content (AvgIpc) is 3.37. The van der Waals surface area contributed by atoms with Crippen LogP contribution in [0.4, 0.5) is 0 Å². The molecule has 0 N–H and O–H groups in total. The molecule has 0 bridgehead atoms. The smallest absolute Gasteiger partial charge is 0.253 e. The van der Waals surface area contributed by atoms with E-state index in [0.717, 1.165) is 68.5 Å². The maximum absolute atomic E-state index is 12.8. The van der Waals surface area contributed by atoms with Gasteiger partial charge in [-0.2, -0.15) is 0 Å². The monoisotopic (exact) mass is 399 g/mol. The van der Waals surface area contributed by atoms with Gasteiger partial charge >= 0.3 is 0 Å². The first-order chi connectivity index (χ1) is 14.1. The molecule has 7 nitrogen and oxygen atoms in total. The van der Waals surface area contributed by atoms with Crippen LogP contribution < -0.4 is 4.74 Å². The molecular weight excluding hydrogens is 370 g/mol. The van der Waals surface area contributed by atoms with Gasteiger partial charge in [-0.15, -0.1) is 0 Å². The van der Waals surface area contributed by atoms with Crippen LogP contribution >= 0.6 is 0 Å². The molecule has 4 rings (SSSR count). The van der Waals surface area contributed by atoms with E-state index in [0.29, 0.717) is 18.3 Å². The van der Waals surface area contributed by atoms with Gasteiger partial charge in [-0.05, 0) is 51.0 Å². The van der Waals surface area contributed by atoms with Crippen molar-refractivity contribution in [2.75, 3.05) is 39.3 Å². The minimum absolute atomic E-state index is 0.0824. The van der Waals surface area contributed by atoms with Crippen LogP contribution in [0.3, 0.4) is 0 Å². The van der Waals surface area contributed by atoms with E-state index in [1.807, 2.05) is 43.0 Å². The highest BCUT2D eigenvalue weighted by molar-refractivity contribution is 5.94. The molecule has 0 unspecified atom stereocenters. The van der Waals surface area contributed by atoms with Gasteiger partial charge in [0.05, 0.1) is 17.4 Å². The minimum Gasteiger partial charge on any atom is -0.489 e. The first kappa shape index (κ1) is 19.9. The lowest BCUT2D eigenvalue weighted by Gasteiger charge is -2.35. The van der Waals surface area contributed by atoms with E-state index in [-0.39, 0.29) is 5.91 Å². The highest BCUT2D eigenvalue weighted by Crippen LogP contribution is 2.19. The molecule has 156 valence electrons. The van der Waals surface area contributed by atoms with Crippen molar-refractivity contribution in [1.29, 1.82) is 0 Å². The van der Waals surface area contributed by atoms with Crippen molar-refractivity contribution in [3.63, 3.8) is 0 Å². The Bertz CT molecular complexity index is 800. The van der Waals surface area contributed by atoms with Crippen LogP contribution in [0.2, 0.25) is 0 Å². The average molecular weight is 399 g/mol. The number of benzene rings is 1. The van der Waals surface area contributed by atoms with Gasteiger partial charge in [-0.1, -0.05) is 5.16 Å². The van der Waals surface area contributed by atoms with Crippen molar-refractivity contribution < 1.29 is 18.8 Å². The van der Waals surface area contributed by atoms with Crippen molar-refractivity contribution in [3.05, 3.63) is 46.8 Å². The summed E-state index contributed by atoms with van der Waals surface area (Å²) in [4.78, 5) is 17.2. The molecule has 29 heavy (non-hydrogen) atoms. The molecule has 0 radical (unpaired) electrons. The Morgan fingerprint density at radius 2 is 1.93 bits per heavy atom. The van der Waals surface area contributed by atoms with Crippen LogP contribution in [-0.2, 0) is 11.3 Å². The number of carbonyl (C=O) groups excluding carboxylic acids is 1. The standard InChI is InChI=1S/C22H29N3O4/c1-16-21(17(2)29-23-16)15-28-19-7-5-18(6-8-19)22(26)25-11-9-24(10-12-25)14-20-4-3-13-27-20/h5-8,20H,3-4,9-15H2,1-2H3/t20-/m0/s1. The molecule has 0 aliphatic carbocycles. The fourth-order valence-corrected chi connectivity index (χ4v) is 3.95. The Hall–Kier alpha value is -2.38. The maximum Gasteiger partial charge on any atom is 0.253 e. The number of hydrogen-bond acceptors (Lipinski definition) is 6. The van der Waals surface area contributed by atoms with Gasteiger partial charge in [-0.25, -0.2) is 0 Å². The lowest BCUT2D eigenvalue weighted by molar-refractivity contribution is 0.0432. The highest BCUT2D eigenvalue weighted by atomic mass is 16.5. The number of carbonyl (C=O) groups is 1. The summed E-state index contributed by atoms with van der Waals surface area (Å²) in [5.41, 5.74) is 2.50. The lowest BCUT2D eigenvalue weighted by atomic mass is 10.1. The maximum atomic E-state index is 12.8. The number of amides is 1. The molecule has 2 aliphatic heterocycles. The summed E-state index contributed by atoms with van der Waals surface area (Å²) >= 11 is 0. The third-order valence-electron chi connectivity index (χ3n) is 5.81. The zero-order chi connectivity index (χ0) is 20.2. The van der Waals surface area contributed by atoms with E-state index in [4.69, 9.17) is 14.0 Å². The second-order valence-corrected chi connectivity index (χ2v) is 7.84. The van der Waals surface area contributed by atoms with Crippen molar-refractivity contribution >= 4 is 5.91 Å². The highest BCUT2D eigenvalue weighted by Gasteiger charge is 2.25. The third kappa shape index (κ3) is 4.79. The molecule has 7 heteroatoms. The summed E-state index contributed by atoms with van der Waals surface area (Å²) < 4.78 is 16.7. The number of aromatic nitrogens is 1. The molecule has 0 spiro atoms. The number of ether oxygens (including phenoxy) is 2. The van der Waals surface area contributed by atoms with Gasteiger partial charge in [0, 0.05) is 44.9 Å². The molecule has 2 aromatic rings. The second kappa shape index (κ2) is 8.97. The molecule has 2 aliphatic rings. The Morgan fingerprint density at radius 1 is 1.17 bits per heavy atom. The summed E-state index contributed by atoms with van der Waals surface area (Å²) in [6.45, 7) is 9.39. The summed E-state index contributed by atoms with van der Waals surface area (Å²) in [5, 5.41) is 3.94. The lowest BCUT2D eigenvalue weighted by Crippen LogP contribution is -2.50. The van der Waals surface area contributed by atoms with Crippen LogP contribution in [0.25, 0.3) is 0 Å². The Balaban J connectivity index is 1.27. The van der Waals surface area contributed by atoms with Gasteiger partial charge < -0.3 is 18.9 Å². The molecule has 0 saturated carbocycles. The summed E-state index contributed by atoms with van der Waals surface area (Å²) in [6.07, 6.45) is 2.69. The Kier molecular flexibility index (Phi) is 6.16. The number of aryl methyl sites for hydroxylation is 2. The van der Waals surface area contributed by atoms with Gasteiger partial charge in [0.25, 0.3) is 5.91 Å². The second-order valence-electron chi connectivity index (χ2n) is 7.84. The SMILES string of the molecule is Cc1noc(C)c1COc1ccc(C(=O)N2CCN(C[C@@H]3CCCO3)CC2)cc1. The first-order valence-electron chi connectivity index (χ1n) is 10.4. The van der Waals surface area contributed by atoms with Gasteiger partial charge in [-0.3, -0.25) is 9.69 Å². The summed E-state index contributed by atoms with van der Waals surface area (Å²) in [6, 6.07) is 7.37. The van der Waals surface area contributed by atoms with Crippen molar-refractivity contribution in [2.24, 2.45) is 0 Å². The van der Waals surface area contributed by atoms with Crippen LogP contribution in [-0.4, -0.2) is 66.3 Å². The van der Waals surface area contributed by atoms with E-state index in [1.54, 1.807) is 0 Å². The number of rotatable bonds is 6. The number of nitrogens with zero attached hydrogens (tertiary/aromatic N) is 3. The van der Waals surface area contributed by atoms with Crippen molar-refractivity contribution in [2.45, 2.75) is 39.4 Å². The molecule has 1 atom stereocenters. The largest absolute Gasteiger partial charge is 0.489 e. The van der Waals surface area contributed by atoms with Crippen molar-refractivity contribution in [3.8, 4) is 5.75 Å².